The third kappa shape index (κ3) is 5.93. The molecule has 0 radical (unpaired) electrons. The number of benzene rings is 1. The van der Waals surface area contributed by atoms with Crippen molar-refractivity contribution in [3.8, 4) is 0 Å². The van der Waals surface area contributed by atoms with Crippen LogP contribution in [0.25, 0.3) is 0 Å². The molecule has 0 spiro atoms. The number of guanidine groups is 1. The fourth-order valence-corrected chi connectivity index (χ4v) is 2.78. The van der Waals surface area contributed by atoms with E-state index in [-0.39, 0.29) is 29.5 Å². The predicted molar refractivity (Wildman–Crippen MR) is 107 cm³/mol. The van der Waals surface area contributed by atoms with Gasteiger partial charge < -0.3 is 20.3 Å². The van der Waals surface area contributed by atoms with E-state index in [1.54, 1.807) is 0 Å². The number of hydrogen-bond donors (Lipinski definition) is 2. The van der Waals surface area contributed by atoms with Crippen molar-refractivity contribution in [1.29, 1.82) is 0 Å². The minimum absolute atomic E-state index is 0. The number of rotatable bonds is 5. The van der Waals surface area contributed by atoms with Gasteiger partial charge in [0.15, 0.2) is 5.96 Å². The van der Waals surface area contributed by atoms with Crippen molar-refractivity contribution in [2.75, 3.05) is 40.9 Å². The van der Waals surface area contributed by atoms with Gasteiger partial charge >= 0.3 is 0 Å². The molecule has 1 aliphatic heterocycles. The Kier molecular flexibility index (Phi) is 8.86. The lowest BCUT2D eigenvalue weighted by Gasteiger charge is -2.43. The van der Waals surface area contributed by atoms with Crippen molar-refractivity contribution >= 4 is 29.9 Å². The first-order chi connectivity index (χ1) is 10.7. The van der Waals surface area contributed by atoms with E-state index in [1.165, 1.54) is 5.56 Å². The fourth-order valence-electron chi connectivity index (χ4n) is 2.78. The maximum Gasteiger partial charge on any atom is 0.191 e. The SMILES string of the molecule is CN=C(NCc1ccccc1)NCC1(N(C)C)CCOCC1.I. The molecule has 0 unspecified atom stereocenters. The molecular formula is C17H29IN4O. The van der Waals surface area contributed by atoms with E-state index in [0.29, 0.717) is 0 Å². The van der Waals surface area contributed by atoms with Crippen LogP contribution in [0.4, 0.5) is 0 Å². The van der Waals surface area contributed by atoms with Crippen LogP contribution >= 0.6 is 24.0 Å². The number of nitrogens with one attached hydrogen (secondary N) is 2. The van der Waals surface area contributed by atoms with Crippen molar-refractivity contribution < 1.29 is 4.74 Å². The second kappa shape index (κ2) is 10.1. The Balaban J connectivity index is 0.00000264. The van der Waals surface area contributed by atoms with Crippen LogP contribution in [0.1, 0.15) is 18.4 Å². The molecule has 1 fully saturated rings. The highest BCUT2D eigenvalue weighted by Crippen LogP contribution is 2.24. The molecule has 0 bridgehead atoms. The zero-order valence-electron chi connectivity index (χ0n) is 14.3. The van der Waals surface area contributed by atoms with E-state index in [0.717, 1.165) is 45.1 Å². The molecule has 0 saturated carbocycles. The fraction of sp³-hybridized carbons (Fsp3) is 0.588. The molecule has 1 saturated heterocycles. The van der Waals surface area contributed by atoms with Gasteiger partial charge in [-0.25, -0.2) is 0 Å². The average Bonchev–Trinajstić information content (AvgIpc) is 2.56. The third-order valence-corrected chi connectivity index (χ3v) is 4.48. The summed E-state index contributed by atoms with van der Waals surface area (Å²) in [5, 5.41) is 6.84. The summed E-state index contributed by atoms with van der Waals surface area (Å²) in [7, 11) is 6.10. The molecule has 2 N–H and O–H groups in total. The molecule has 0 aliphatic carbocycles. The van der Waals surface area contributed by atoms with Crippen molar-refractivity contribution in [3.05, 3.63) is 35.9 Å². The van der Waals surface area contributed by atoms with Crippen LogP contribution in [-0.4, -0.2) is 57.3 Å². The molecule has 1 aromatic rings. The maximum atomic E-state index is 5.51. The summed E-state index contributed by atoms with van der Waals surface area (Å²) in [5.74, 6) is 0.844. The molecule has 0 atom stereocenters. The molecule has 130 valence electrons. The summed E-state index contributed by atoms with van der Waals surface area (Å²) in [6.07, 6.45) is 2.09. The highest BCUT2D eigenvalue weighted by atomic mass is 127. The van der Waals surface area contributed by atoms with Gasteiger partial charge in [0.2, 0.25) is 0 Å². The number of nitrogens with zero attached hydrogens (tertiary/aromatic N) is 2. The Morgan fingerprint density at radius 2 is 1.83 bits per heavy atom. The molecule has 0 aromatic heterocycles. The predicted octanol–water partition coefficient (Wildman–Crippen LogP) is 2.08. The Morgan fingerprint density at radius 1 is 1.17 bits per heavy atom. The number of hydrogen-bond acceptors (Lipinski definition) is 3. The summed E-state index contributed by atoms with van der Waals surface area (Å²) < 4.78 is 5.51. The lowest BCUT2D eigenvalue weighted by molar-refractivity contribution is -0.00501. The number of halogens is 1. The Morgan fingerprint density at radius 3 is 2.39 bits per heavy atom. The minimum Gasteiger partial charge on any atom is -0.381 e. The summed E-state index contributed by atoms with van der Waals surface area (Å²) in [5.41, 5.74) is 1.39. The van der Waals surface area contributed by atoms with E-state index >= 15 is 0 Å². The summed E-state index contributed by atoms with van der Waals surface area (Å²) in [6, 6.07) is 10.4. The molecule has 5 nitrogen and oxygen atoms in total. The minimum atomic E-state index is 0. The van der Waals surface area contributed by atoms with Crippen LogP contribution < -0.4 is 10.6 Å². The quantitative estimate of drug-likeness (QED) is 0.425. The largest absolute Gasteiger partial charge is 0.381 e. The van der Waals surface area contributed by atoms with Gasteiger partial charge in [-0.15, -0.1) is 24.0 Å². The van der Waals surface area contributed by atoms with Crippen LogP contribution in [0.5, 0.6) is 0 Å². The molecule has 2 rings (SSSR count). The summed E-state index contributed by atoms with van der Waals surface area (Å²) in [6.45, 7) is 3.31. The van der Waals surface area contributed by atoms with Gasteiger partial charge in [0.1, 0.15) is 0 Å². The van der Waals surface area contributed by atoms with Gasteiger partial charge in [-0.3, -0.25) is 4.99 Å². The summed E-state index contributed by atoms with van der Waals surface area (Å²) in [4.78, 5) is 6.64. The first-order valence-electron chi connectivity index (χ1n) is 7.90. The van der Waals surface area contributed by atoms with Crippen LogP contribution in [0, 0.1) is 0 Å². The third-order valence-electron chi connectivity index (χ3n) is 4.48. The molecular weight excluding hydrogens is 403 g/mol. The zero-order valence-corrected chi connectivity index (χ0v) is 16.7. The van der Waals surface area contributed by atoms with Crippen molar-refractivity contribution in [3.63, 3.8) is 0 Å². The van der Waals surface area contributed by atoms with Crippen LogP contribution in [-0.2, 0) is 11.3 Å². The normalized spacial score (nSPS) is 17.5. The lowest BCUT2D eigenvalue weighted by Crippen LogP contribution is -2.57. The van der Waals surface area contributed by atoms with E-state index < -0.39 is 0 Å². The number of aliphatic imine (C=N–C) groups is 1. The summed E-state index contributed by atoms with van der Waals surface area (Å²) >= 11 is 0. The maximum absolute atomic E-state index is 5.51. The molecule has 1 aliphatic rings. The van der Waals surface area contributed by atoms with Crippen LogP contribution in [0.2, 0.25) is 0 Å². The highest BCUT2D eigenvalue weighted by Gasteiger charge is 2.34. The van der Waals surface area contributed by atoms with Gasteiger partial charge in [-0.2, -0.15) is 0 Å². The highest BCUT2D eigenvalue weighted by molar-refractivity contribution is 14.0. The van der Waals surface area contributed by atoms with Gasteiger partial charge in [0.05, 0.1) is 0 Å². The van der Waals surface area contributed by atoms with Crippen molar-refractivity contribution in [2.24, 2.45) is 4.99 Å². The zero-order chi connectivity index (χ0) is 15.8. The number of ether oxygens (including phenoxy) is 1. The lowest BCUT2D eigenvalue weighted by atomic mass is 9.88. The van der Waals surface area contributed by atoms with Gasteiger partial charge in [-0.1, -0.05) is 30.3 Å². The Labute approximate surface area is 156 Å². The average molecular weight is 432 g/mol. The first-order valence-corrected chi connectivity index (χ1v) is 7.90. The second-order valence-electron chi connectivity index (χ2n) is 6.00. The van der Waals surface area contributed by atoms with E-state index in [2.05, 4.69) is 58.9 Å². The molecule has 23 heavy (non-hydrogen) atoms. The monoisotopic (exact) mass is 432 g/mol. The standard InChI is InChI=1S/C17H28N4O.HI/c1-18-16(19-13-15-7-5-4-6-8-15)20-14-17(21(2)3)9-11-22-12-10-17;/h4-8H,9-14H2,1-3H3,(H2,18,19,20);1H. The van der Waals surface area contributed by atoms with Gasteiger partial charge in [0.25, 0.3) is 0 Å². The topological polar surface area (TPSA) is 48.9 Å². The second-order valence-corrected chi connectivity index (χ2v) is 6.00. The molecule has 1 heterocycles. The Hall–Kier alpha value is -0.860. The van der Waals surface area contributed by atoms with E-state index in [4.69, 9.17) is 4.74 Å². The first kappa shape index (κ1) is 20.2. The van der Waals surface area contributed by atoms with E-state index in [1.807, 2.05) is 13.1 Å². The van der Waals surface area contributed by atoms with E-state index in [9.17, 15) is 0 Å². The van der Waals surface area contributed by atoms with Crippen LogP contribution in [0.3, 0.4) is 0 Å². The smallest absolute Gasteiger partial charge is 0.191 e. The van der Waals surface area contributed by atoms with Crippen molar-refractivity contribution in [2.45, 2.75) is 24.9 Å². The molecule has 6 heteroatoms. The molecule has 0 amide bonds. The number of likely N-dealkylation sites (N-methyl/N-ethyl adjacent to an activating group) is 1. The van der Waals surface area contributed by atoms with Gasteiger partial charge in [0, 0.05) is 38.9 Å². The Bertz CT molecular complexity index is 473. The van der Waals surface area contributed by atoms with Gasteiger partial charge in [-0.05, 0) is 32.5 Å². The molecule has 1 aromatic carbocycles. The van der Waals surface area contributed by atoms with Crippen molar-refractivity contribution in [1.82, 2.24) is 15.5 Å². The van der Waals surface area contributed by atoms with Crippen LogP contribution in [0.15, 0.2) is 35.3 Å².